The van der Waals surface area contributed by atoms with E-state index in [0.29, 0.717) is 0 Å². The summed E-state index contributed by atoms with van der Waals surface area (Å²) in [5.41, 5.74) is 6.29. The summed E-state index contributed by atoms with van der Waals surface area (Å²) in [7, 11) is 0. The predicted octanol–water partition coefficient (Wildman–Crippen LogP) is 6.07. The third-order valence-electron chi connectivity index (χ3n) is 3.32. The Morgan fingerprint density at radius 1 is 1.11 bits per heavy atom. The smallest absolute Gasteiger partial charge is 0.0935 e. The number of hydrogen-bond acceptors (Lipinski definition) is 1. The van der Waals surface area contributed by atoms with Gasteiger partial charge in [0, 0.05) is 9.35 Å². The first-order valence-corrected chi connectivity index (χ1v) is 7.98. The van der Waals surface area contributed by atoms with Crippen molar-refractivity contribution in [3.05, 3.63) is 54.7 Å². The maximum absolute atomic E-state index is 6.70. The summed E-state index contributed by atoms with van der Waals surface area (Å²) in [4.78, 5) is 1.25. The molecule has 0 aliphatic rings. The molecule has 1 aromatic carbocycles. The largest absolute Gasteiger partial charge is 0.147 e. The van der Waals surface area contributed by atoms with Crippen molar-refractivity contribution in [3.63, 3.8) is 0 Å². The number of rotatable bonds is 2. The molecule has 0 radical (unpaired) electrons. The van der Waals surface area contributed by atoms with Crippen LogP contribution in [0.5, 0.6) is 0 Å². The third kappa shape index (κ3) is 2.38. The summed E-state index contributed by atoms with van der Waals surface area (Å²) in [6, 6.07) is 4.33. The summed E-state index contributed by atoms with van der Waals surface area (Å²) >= 11 is 12.1. The Morgan fingerprint density at radius 3 is 2.33 bits per heavy atom. The average molecular weight is 344 g/mol. The fourth-order valence-corrected chi connectivity index (χ4v) is 4.24. The van der Waals surface area contributed by atoms with E-state index in [9.17, 15) is 0 Å². The summed E-state index contributed by atoms with van der Waals surface area (Å²) < 4.78 is 1.17. The molecule has 0 fully saturated rings. The Morgan fingerprint density at radius 2 is 1.78 bits per heavy atom. The Labute approximate surface area is 126 Å². The van der Waals surface area contributed by atoms with E-state index in [1.165, 1.54) is 37.2 Å². The van der Waals surface area contributed by atoms with Gasteiger partial charge in [0.15, 0.2) is 0 Å². The third-order valence-corrected chi connectivity index (χ3v) is 6.19. The van der Waals surface area contributed by atoms with Crippen molar-refractivity contribution < 1.29 is 0 Å². The molecule has 0 aliphatic carbocycles. The zero-order chi connectivity index (χ0) is 13.4. The highest BCUT2D eigenvalue weighted by atomic mass is 79.9. The van der Waals surface area contributed by atoms with Crippen LogP contribution in [0.1, 0.15) is 38.1 Å². The Hall–Kier alpha value is -0.310. The van der Waals surface area contributed by atoms with Crippen LogP contribution in [-0.4, -0.2) is 0 Å². The number of hydrogen-bond donors (Lipinski definition) is 0. The standard InChI is InChI=1S/C15H16BrClS/c1-8-5-6-18-15(8)14(17)12-9(2)7-10(3)13(16)11(12)4/h5-7,14H,1-4H3. The lowest BCUT2D eigenvalue weighted by Crippen LogP contribution is -2.01. The van der Waals surface area contributed by atoms with Gasteiger partial charge in [0.05, 0.1) is 5.38 Å². The van der Waals surface area contributed by atoms with Crippen LogP contribution < -0.4 is 0 Å². The molecule has 0 amide bonds. The van der Waals surface area contributed by atoms with Gasteiger partial charge in [-0.2, -0.15) is 0 Å². The van der Waals surface area contributed by atoms with Gasteiger partial charge in [0.1, 0.15) is 0 Å². The highest BCUT2D eigenvalue weighted by Crippen LogP contribution is 2.40. The van der Waals surface area contributed by atoms with Gasteiger partial charge >= 0.3 is 0 Å². The van der Waals surface area contributed by atoms with E-state index >= 15 is 0 Å². The summed E-state index contributed by atoms with van der Waals surface area (Å²) in [6.07, 6.45) is 0. The Balaban J connectivity index is 2.59. The van der Waals surface area contributed by atoms with Crippen LogP contribution >= 0.6 is 38.9 Å². The van der Waals surface area contributed by atoms with Crippen molar-refractivity contribution in [2.75, 3.05) is 0 Å². The lowest BCUT2D eigenvalue weighted by molar-refractivity contribution is 1.08. The number of aryl methyl sites for hydroxylation is 3. The molecule has 3 heteroatoms. The first-order chi connectivity index (χ1) is 8.43. The maximum atomic E-state index is 6.70. The molecule has 96 valence electrons. The van der Waals surface area contributed by atoms with Crippen LogP contribution in [-0.2, 0) is 0 Å². The molecule has 0 saturated carbocycles. The van der Waals surface area contributed by atoms with Gasteiger partial charge in [-0.05, 0) is 67.0 Å². The molecule has 0 saturated heterocycles. The summed E-state index contributed by atoms with van der Waals surface area (Å²) in [5, 5.41) is 2.05. The molecule has 0 bridgehead atoms. The minimum atomic E-state index is -0.0538. The molecule has 18 heavy (non-hydrogen) atoms. The number of alkyl halides is 1. The van der Waals surface area contributed by atoms with Crippen molar-refractivity contribution >= 4 is 38.9 Å². The van der Waals surface area contributed by atoms with Crippen LogP contribution in [0.3, 0.4) is 0 Å². The molecular weight excluding hydrogens is 328 g/mol. The van der Waals surface area contributed by atoms with Gasteiger partial charge in [-0.15, -0.1) is 22.9 Å². The first-order valence-electron chi connectivity index (χ1n) is 5.87. The van der Waals surface area contributed by atoms with E-state index < -0.39 is 0 Å². The topological polar surface area (TPSA) is 0 Å². The van der Waals surface area contributed by atoms with Crippen molar-refractivity contribution in [2.24, 2.45) is 0 Å². The van der Waals surface area contributed by atoms with Gasteiger partial charge in [0.25, 0.3) is 0 Å². The molecule has 1 unspecified atom stereocenters. The minimum Gasteiger partial charge on any atom is -0.147 e. The van der Waals surface area contributed by atoms with Crippen LogP contribution in [0.15, 0.2) is 22.0 Å². The van der Waals surface area contributed by atoms with Gasteiger partial charge in [-0.3, -0.25) is 0 Å². The van der Waals surface area contributed by atoms with Crippen LogP contribution in [0.2, 0.25) is 0 Å². The second-order valence-electron chi connectivity index (χ2n) is 4.69. The number of thiophene rings is 1. The molecule has 1 aromatic heterocycles. The Bertz CT molecular complexity index is 586. The molecular formula is C15H16BrClS. The number of halogens is 2. The molecule has 2 aromatic rings. The van der Waals surface area contributed by atoms with Crippen molar-refractivity contribution in [3.8, 4) is 0 Å². The van der Waals surface area contributed by atoms with Crippen LogP contribution in [0.25, 0.3) is 0 Å². The van der Waals surface area contributed by atoms with E-state index in [2.05, 4.69) is 61.1 Å². The molecule has 2 rings (SSSR count). The predicted molar refractivity (Wildman–Crippen MR) is 85.1 cm³/mol. The second kappa shape index (κ2) is 5.36. The van der Waals surface area contributed by atoms with Crippen molar-refractivity contribution in [1.29, 1.82) is 0 Å². The molecule has 1 atom stereocenters. The SMILES string of the molecule is Cc1ccsc1C(Cl)c1c(C)cc(C)c(Br)c1C. The number of benzene rings is 1. The van der Waals surface area contributed by atoms with Gasteiger partial charge < -0.3 is 0 Å². The minimum absolute atomic E-state index is 0.0538. The van der Waals surface area contributed by atoms with Crippen LogP contribution in [0, 0.1) is 27.7 Å². The van der Waals surface area contributed by atoms with E-state index in [-0.39, 0.29) is 5.38 Å². The van der Waals surface area contributed by atoms with Crippen molar-refractivity contribution in [1.82, 2.24) is 0 Å². The summed E-state index contributed by atoms with van der Waals surface area (Å²) in [5.74, 6) is 0. The van der Waals surface area contributed by atoms with E-state index in [1.54, 1.807) is 11.3 Å². The lowest BCUT2D eigenvalue weighted by Gasteiger charge is -2.18. The molecule has 0 aliphatic heterocycles. The normalized spacial score (nSPS) is 12.8. The van der Waals surface area contributed by atoms with Gasteiger partial charge in [0.2, 0.25) is 0 Å². The summed E-state index contributed by atoms with van der Waals surface area (Å²) in [6.45, 7) is 8.51. The molecule has 1 heterocycles. The first kappa shape index (κ1) is 14.1. The highest BCUT2D eigenvalue weighted by molar-refractivity contribution is 9.10. The second-order valence-corrected chi connectivity index (χ2v) is 6.87. The fourth-order valence-electron chi connectivity index (χ4n) is 2.34. The van der Waals surface area contributed by atoms with Crippen molar-refractivity contribution in [2.45, 2.75) is 33.1 Å². The quantitative estimate of drug-likeness (QED) is 0.580. The fraction of sp³-hybridized carbons (Fsp3) is 0.333. The zero-order valence-corrected chi connectivity index (χ0v) is 14.1. The highest BCUT2D eigenvalue weighted by Gasteiger charge is 2.20. The van der Waals surface area contributed by atoms with Gasteiger partial charge in [-0.1, -0.05) is 22.0 Å². The van der Waals surface area contributed by atoms with E-state index in [4.69, 9.17) is 11.6 Å². The molecule has 0 spiro atoms. The monoisotopic (exact) mass is 342 g/mol. The van der Waals surface area contributed by atoms with E-state index in [0.717, 1.165) is 0 Å². The maximum Gasteiger partial charge on any atom is 0.0935 e. The lowest BCUT2D eigenvalue weighted by atomic mass is 9.95. The van der Waals surface area contributed by atoms with Gasteiger partial charge in [-0.25, -0.2) is 0 Å². The van der Waals surface area contributed by atoms with E-state index in [1.807, 2.05) is 0 Å². The Kier molecular flexibility index (Phi) is 4.20. The average Bonchev–Trinajstić information content (AvgIpc) is 2.72. The zero-order valence-electron chi connectivity index (χ0n) is 11.0. The molecule has 0 nitrogen and oxygen atoms in total. The molecule has 0 N–H and O–H groups in total. The van der Waals surface area contributed by atoms with Crippen LogP contribution in [0.4, 0.5) is 0 Å².